The molecule has 0 spiro atoms. The van der Waals surface area contributed by atoms with Crippen LogP contribution in [0.1, 0.15) is 42.6 Å². The molecule has 6 nitrogen and oxygen atoms in total. The first-order valence-corrected chi connectivity index (χ1v) is 11.4. The SMILES string of the molecule is CCOc1ccc(NS(=O)(=O)c2ccc(C)c(C(=O)N3CCC[C@H](C)C3)c2)cc1. The largest absolute Gasteiger partial charge is 0.494 e. The van der Waals surface area contributed by atoms with Crippen molar-refractivity contribution in [1.29, 1.82) is 0 Å². The Morgan fingerprint density at radius 2 is 1.93 bits per heavy atom. The first kappa shape index (κ1) is 21.2. The minimum atomic E-state index is -3.81. The zero-order chi connectivity index (χ0) is 21.0. The molecule has 1 aliphatic rings. The maximum Gasteiger partial charge on any atom is 0.261 e. The van der Waals surface area contributed by atoms with Gasteiger partial charge in [0.2, 0.25) is 0 Å². The lowest BCUT2D eigenvalue weighted by Crippen LogP contribution is -2.39. The Bertz CT molecular complexity index is 971. The number of hydrogen-bond acceptors (Lipinski definition) is 4. The first-order valence-electron chi connectivity index (χ1n) is 9.95. The molecule has 1 heterocycles. The number of likely N-dealkylation sites (tertiary alicyclic amines) is 1. The molecule has 0 saturated carbocycles. The highest BCUT2D eigenvalue weighted by Crippen LogP contribution is 2.24. The van der Waals surface area contributed by atoms with Gasteiger partial charge in [0.1, 0.15) is 5.75 Å². The van der Waals surface area contributed by atoms with Gasteiger partial charge in [-0.2, -0.15) is 0 Å². The van der Waals surface area contributed by atoms with E-state index in [1.807, 2.05) is 18.7 Å². The lowest BCUT2D eigenvalue weighted by Gasteiger charge is -2.31. The fourth-order valence-electron chi connectivity index (χ4n) is 3.54. The normalized spacial score (nSPS) is 17.1. The van der Waals surface area contributed by atoms with Gasteiger partial charge in [0.25, 0.3) is 15.9 Å². The Balaban J connectivity index is 1.82. The van der Waals surface area contributed by atoms with Crippen LogP contribution in [0, 0.1) is 12.8 Å². The molecular formula is C22H28N2O4S. The molecule has 29 heavy (non-hydrogen) atoms. The standard InChI is InChI=1S/C22H28N2O4S/c1-4-28-19-10-8-18(9-11-19)23-29(26,27)20-12-7-17(3)21(14-20)22(25)24-13-5-6-16(2)15-24/h7-12,14,16,23H,4-6,13,15H2,1-3H3/t16-/m0/s1. The van der Waals surface area contributed by atoms with Crippen LogP contribution < -0.4 is 9.46 Å². The average molecular weight is 417 g/mol. The highest BCUT2D eigenvalue weighted by molar-refractivity contribution is 7.92. The molecule has 1 N–H and O–H groups in total. The van der Waals surface area contributed by atoms with E-state index in [1.165, 1.54) is 12.1 Å². The third kappa shape index (κ3) is 5.09. The van der Waals surface area contributed by atoms with Gasteiger partial charge in [-0.1, -0.05) is 13.0 Å². The van der Waals surface area contributed by atoms with E-state index in [-0.39, 0.29) is 10.8 Å². The van der Waals surface area contributed by atoms with Crippen molar-refractivity contribution in [3.05, 3.63) is 53.6 Å². The van der Waals surface area contributed by atoms with Crippen molar-refractivity contribution < 1.29 is 17.9 Å². The number of aryl methyl sites for hydroxylation is 1. The summed E-state index contributed by atoms with van der Waals surface area (Å²) in [7, 11) is -3.81. The molecular weight excluding hydrogens is 388 g/mol. The summed E-state index contributed by atoms with van der Waals surface area (Å²) < 4.78 is 33.7. The Labute approximate surface area is 172 Å². The third-order valence-electron chi connectivity index (χ3n) is 5.11. The maximum absolute atomic E-state index is 13.0. The van der Waals surface area contributed by atoms with Gasteiger partial charge in [0.05, 0.1) is 11.5 Å². The second-order valence-electron chi connectivity index (χ2n) is 7.54. The summed E-state index contributed by atoms with van der Waals surface area (Å²) in [6, 6.07) is 11.4. The minimum absolute atomic E-state index is 0.0744. The fraction of sp³-hybridized carbons (Fsp3) is 0.409. The van der Waals surface area contributed by atoms with Gasteiger partial charge in [0.15, 0.2) is 0 Å². The highest BCUT2D eigenvalue weighted by Gasteiger charge is 2.25. The molecule has 0 bridgehead atoms. The van der Waals surface area contributed by atoms with Crippen LogP contribution in [0.4, 0.5) is 5.69 Å². The summed E-state index contributed by atoms with van der Waals surface area (Å²) in [6.45, 7) is 7.81. The van der Waals surface area contributed by atoms with Crippen molar-refractivity contribution >= 4 is 21.6 Å². The molecule has 0 aromatic heterocycles. The molecule has 0 aliphatic carbocycles. The third-order valence-corrected chi connectivity index (χ3v) is 6.49. The number of ether oxygens (including phenoxy) is 1. The van der Waals surface area contributed by atoms with Crippen LogP contribution in [0.2, 0.25) is 0 Å². The summed E-state index contributed by atoms with van der Waals surface area (Å²) in [5, 5.41) is 0. The van der Waals surface area contributed by atoms with Crippen molar-refractivity contribution in [3.63, 3.8) is 0 Å². The number of sulfonamides is 1. The second kappa shape index (κ2) is 8.86. The Hall–Kier alpha value is -2.54. The van der Waals surface area contributed by atoms with Crippen LogP contribution in [0.5, 0.6) is 5.75 Å². The average Bonchev–Trinajstić information content (AvgIpc) is 2.69. The summed E-state index contributed by atoms with van der Waals surface area (Å²) in [5.74, 6) is 1.03. The van der Waals surface area contributed by atoms with Crippen molar-refractivity contribution in [2.75, 3.05) is 24.4 Å². The fourth-order valence-corrected chi connectivity index (χ4v) is 4.63. The van der Waals surface area contributed by atoms with Crippen LogP contribution in [0.15, 0.2) is 47.4 Å². The number of piperidine rings is 1. The van der Waals surface area contributed by atoms with Crippen molar-refractivity contribution in [3.8, 4) is 5.75 Å². The number of hydrogen-bond donors (Lipinski definition) is 1. The molecule has 156 valence electrons. The van der Waals surface area contributed by atoms with Gasteiger partial charge in [-0.15, -0.1) is 0 Å². The molecule has 2 aromatic rings. The van der Waals surface area contributed by atoms with Crippen LogP contribution in [0.25, 0.3) is 0 Å². The van der Waals surface area contributed by atoms with E-state index in [9.17, 15) is 13.2 Å². The maximum atomic E-state index is 13.0. The molecule has 1 atom stereocenters. The first-order chi connectivity index (χ1) is 13.8. The molecule has 7 heteroatoms. The van der Waals surface area contributed by atoms with Gasteiger partial charge in [-0.05, 0) is 74.6 Å². The summed E-state index contributed by atoms with van der Waals surface area (Å²) in [5.41, 5.74) is 1.65. The molecule has 1 amide bonds. The van der Waals surface area contributed by atoms with Gasteiger partial charge in [-0.25, -0.2) is 8.42 Å². The van der Waals surface area contributed by atoms with E-state index in [0.717, 1.165) is 18.4 Å². The van der Waals surface area contributed by atoms with Gasteiger partial charge >= 0.3 is 0 Å². The Morgan fingerprint density at radius 3 is 2.59 bits per heavy atom. The lowest BCUT2D eigenvalue weighted by atomic mass is 9.99. The van der Waals surface area contributed by atoms with Crippen LogP contribution in [-0.2, 0) is 10.0 Å². The molecule has 1 saturated heterocycles. The van der Waals surface area contributed by atoms with Gasteiger partial charge in [0, 0.05) is 24.3 Å². The predicted octanol–water partition coefficient (Wildman–Crippen LogP) is 4.07. The number of benzene rings is 2. The van der Waals surface area contributed by atoms with E-state index in [0.29, 0.717) is 42.6 Å². The van der Waals surface area contributed by atoms with Gasteiger partial charge < -0.3 is 9.64 Å². The molecule has 2 aromatic carbocycles. The number of carbonyl (C=O) groups is 1. The van der Waals surface area contributed by atoms with E-state index < -0.39 is 10.0 Å². The van der Waals surface area contributed by atoms with E-state index in [2.05, 4.69) is 11.6 Å². The van der Waals surface area contributed by atoms with E-state index in [4.69, 9.17) is 4.74 Å². The van der Waals surface area contributed by atoms with Crippen molar-refractivity contribution in [2.45, 2.75) is 38.5 Å². The number of amides is 1. The Kier molecular flexibility index (Phi) is 6.47. The monoisotopic (exact) mass is 416 g/mol. The van der Waals surface area contributed by atoms with Crippen LogP contribution >= 0.6 is 0 Å². The molecule has 0 unspecified atom stereocenters. The number of nitrogens with one attached hydrogen (secondary N) is 1. The number of carbonyl (C=O) groups excluding carboxylic acids is 1. The quantitative estimate of drug-likeness (QED) is 0.770. The minimum Gasteiger partial charge on any atom is -0.494 e. The lowest BCUT2D eigenvalue weighted by molar-refractivity contribution is 0.0682. The summed E-state index contributed by atoms with van der Waals surface area (Å²) in [4.78, 5) is 14.9. The smallest absolute Gasteiger partial charge is 0.261 e. The van der Waals surface area contributed by atoms with Crippen molar-refractivity contribution in [2.24, 2.45) is 5.92 Å². The molecule has 1 fully saturated rings. The zero-order valence-corrected chi connectivity index (χ0v) is 18.0. The van der Waals surface area contributed by atoms with E-state index >= 15 is 0 Å². The van der Waals surface area contributed by atoms with Crippen LogP contribution in [-0.4, -0.2) is 38.9 Å². The summed E-state index contributed by atoms with van der Waals surface area (Å²) >= 11 is 0. The highest BCUT2D eigenvalue weighted by atomic mass is 32.2. The molecule has 0 radical (unpaired) electrons. The van der Waals surface area contributed by atoms with Crippen molar-refractivity contribution in [1.82, 2.24) is 4.90 Å². The van der Waals surface area contributed by atoms with Crippen LogP contribution in [0.3, 0.4) is 0 Å². The molecule has 3 rings (SSSR count). The predicted molar refractivity (Wildman–Crippen MR) is 114 cm³/mol. The van der Waals surface area contributed by atoms with Gasteiger partial charge in [-0.3, -0.25) is 9.52 Å². The molecule has 1 aliphatic heterocycles. The number of rotatable bonds is 6. The number of anilines is 1. The second-order valence-corrected chi connectivity index (χ2v) is 9.22. The van der Waals surface area contributed by atoms with E-state index in [1.54, 1.807) is 30.3 Å². The summed E-state index contributed by atoms with van der Waals surface area (Å²) in [6.07, 6.45) is 2.09. The topological polar surface area (TPSA) is 75.7 Å². The zero-order valence-electron chi connectivity index (χ0n) is 17.1. The Morgan fingerprint density at radius 1 is 1.21 bits per heavy atom. The number of nitrogens with zero attached hydrogens (tertiary/aromatic N) is 1.